The van der Waals surface area contributed by atoms with Crippen LogP contribution >= 0.6 is 0 Å². The van der Waals surface area contributed by atoms with Crippen molar-refractivity contribution in [2.75, 3.05) is 18.0 Å². The minimum absolute atomic E-state index is 0.0717. The van der Waals surface area contributed by atoms with Gasteiger partial charge in [-0.25, -0.2) is 13.1 Å². The monoisotopic (exact) mass is 543 g/mol. The molecule has 1 unspecified atom stereocenters. The molecule has 8 nitrogen and oxygen atoms in total. The molecule has 39 heavy (non-hydrogen) atoms. The van der Waals surface area contributed by atoms with Gasteiger partial charge >= 0.3 is 0 Å². The first-order valence-electron chi connectivity index (χ1n) is 13.4. The zero-order valence-corrected chi connectivity index (χ0v) is 23.5. The molecule has 4 heterocycles. The lowest BCUT2D eigenvalue weighted by Crippen LogP contribution is -2.47. The number of piperidine rings is 1. The summed E-state index contributed by atoms with van der Waals surface area (Å²) in [5.41, 5.74) is 2.58. The number of hydrogen-bond acceptors (Lipinski definition) is 6. The molecule has 2 aromatic carbocycles. The van der Waals surface area contributed by atoms with Crippen LogP contribution in [0, 0.1) is 12.8 Å². The first-order valence-corrected chi connectivity index (χ1v) is 14.8. The van der Waals surface area contributed by atoms with Crippen LogP contribution in [0.2, 0.25) is 0 Å². The Morgan fingerprint density at radius 1 is 0.923 bits per heavy atom. The number of benzene rings is 2. The highest BCUT2D eigenvalue weighted by molar-refractivity contribution is 7.89. The van der Waals surface area contributed by atoms with E-state index in [-0.39, 0.29) is 16.4 Å². The minimum Gasteiger partial charge on any atom is -0.354 e. The van der Waals surface area contributed by atoms with Gasteiger partial charge in [0.2, 0.25) is 10.0 Å². The van der Waals surface area contributed by atoms with Crippen molar-refractivity contribution in [1.82, 2.24) is 19.5 Å². The molecule has 9 heteroatoms. The smallest absolute Gasteiger partial charge is 0.250 e. The predicted molar refractivity (Wildman–Crippen MR) is 154 cm³/mol. The number of sulfonamides is 1. The molecule has 1 saturated heterocycles. The lowest BCUT2D eigenvalue weighted by molar-refractivity contribution is 0.280. The Bertz CT molecular complexity index is 1760. The van der Waals surface area contributed by atoms with Crippen LogP contribution in [-0.2, 0) is 16.6 Å². The number of aromatic nitrogens is 3. The van der Waals surface area contributed by atoms with Gasteiger partial charge in [-0.3, -0.25) is 4.79 Å². The predicted octanol–water partition coefficient (Wildman–Crippen LogP) is 4.47. The van der Waals surface area contributed by atoms with E-state index in [9.17, 15) is 13.2 Å². The summed E-state index contributed by atoms with van der Waals surface area (Å²) in [6.07, 6.45) is 1.06. The van der Waals surface area contributed by atoms with Crippen LogP contribution in [0.5, 0.6) is 0 Å². The Hall–Kier alpha value is -3.56. The largest absolute Gasteiger partial charge is 0.354 e. The van der Waals surface area contributed by atoms with E-state index in [0.29, 0.717) is 29.3 Å². The maximum Gasteiger partial charge on any atom is 0.250 e. The van der Waals surface area contributed by atoms with Gasteiger partial charge in [0.1, 0.15) is 5.69 Å². The van der Waals surface area contributed by atoms with Crippen molar-refractivity contribution < 1.29 is 8.42 Å². The number of hydrogen-bond donors (Lipinski definition) is 1. The quantitative estimate of drug-likeness (QED) is 0.408. The molecule has 2 aliphatic heterocycles. The van der Waals surface area contributed by atoms with Crippen LogP contribution in [0.25, 0.3) is 22.0 Å². The van der Waals surface area contributed by atoms with Crippen molar-refractivity contribution >= 4 is 26.6 Å². The summed E-state index contributed by atoms with van der Waals surface area (Å²) >= 11 is 0. The summed E-state index contributed by atoms with van der Waals surface area (Å²) in [7, 11) is -3.72. The Labute approximate surface area is 228 Å². The number of fused-ring (bicyclic) bond motifs is 5. The summed E-state index contributed by atoms with van der Waals surface area (Å²) < 4.78 is 31.1. The Morgan fingerprint density at radius 3 is 2.46 bits per heavy atom. The second-order valence-electron chi connectivity index (χ2n) is 11.9. The highest BCUT2D eigenvalue weighted by atomic mass is 32.2. The third-order valence-electron chi connectivity index (χ3n) is 7.64. The number of rotatable bonds is 4. The lowest BCUT2D eigenvalue weighted by Gasteiger charge is -2.43. The topological polar surface area (TPSA) is 97.2 Å². The van der Waals surface area contributed by atoms with E-state index in [0.717, 1.165) is 41.8 Å². The molecule has 2 atom stereocenters. The Kier molecular flexibility index (Phi) is 6.11. The van der Waals surface area contributed by atoms with Crippen LogP contribution in [-0.4, -0.2) is 41.8 Å². The van der Waals surface area contributed by atoms with Crippen LogP contribution in [0.4, 0.5) is 5.82 Å². The normalized spacial score (nSPS) is 19.2. The molecule has 0 radical (unpaired) electrons. The van der Waals surface area contributed by atoms with Gasteiger partial charge in [0.15, 0.2) is 5.82 Å². The summed E-state index contributed by atoms with van der Waals surface area (Å²) in [5, 5.41) is 11.3. The van der Waals surface area contributed by atoms with Gasteiger partial charge in [0.25, 0.3) is 5.56 Å². The van der Waals surface area contributed by atoms with Gasteiger partial charge in [-0.2, -0.15) is 0 Å². The van der Waals surface area contributed by atoms with Crippen molar-refractivity contribution in [2.45, 2.75) is 57.0 Å². The third-order valence-corrected chi connectivity index (χ3v) is 9.54. The zero-order valence-electron chi connectivity index (χ0n) is 22.7. The van der Waals surface area contributed by atoms with E-state index in [1.807, 2.05) is 61.7 Å². The first kappa shape index (κ1) is 25.7. The zero-order chi connectivity index (χ0) is 27.5. The van der Waals surface area contributed by atoms with Crippen LogP contribution < -0.4 is 15.2 Å². The summed E-state index contributed by atoms with van der Waals surface area (Å²) in [4.78, 5) is 15.0. The Morgan fingerprint density at radius 2 is 1.69 bits per heavy atom. The summed E-state index contributed by atoms with van der Waals surface area (Å²) in [5.74, 6) is 1.44. The van der Waals surface area contributed by atoms with Gasteiger partial charge < -0.3 is 9.47 Å². The van der Waals surface area contributed by atoms with Gasteiger partial charge in [-0.05, 0) is 57.7 Å². The average molecular weight is 544 g/mol. The molecule has 0 saturated carbocycles. The number of nitrogens with zero attached hydrogens (tertiary/aromatic N) is 4. The second kappa shape index (κ2) is 9.27. The molecule has 0 spiro atoms. The van der Waals surface area contributed by atoms with E-state index in [1.54, 1.807) is 19.1 Å². The summed E-state index contributed by atoms with van der Waals surface area (Å²) in [6.45, 7) is 9.57. The SMILES string of the molecule is Cc1ccc(-c2nnc(N3CC4C[C@@H](C3)c3cccc(=O)n3C4)c3ccccc23)cc1S(=O)(=O)NC(C)(C)C. The van der Waals surface area contributed by atoms with E-state index in [4.69, 9.17) is 5.10 Å². The van der Waals surface area contributed by atoms with Crippen LogP contribution in [0.3, 0.4) is 0 Å². The maximum absolute atomic E-state index is 13.2. The molecular formula is C30H33N5O3S. The van der Waals surface area contributed by atoms with Crippen molar-refractivity contribution in [1.29, 1.82) is 0 Å². The van der Waals surface area contributed by atoms with Crippen LogP contribution in [0.15, 0.2) is 70.4 Å². The lowest BCUT2D eigenvalue weighted by atomic mass is 9.83. The Balaban J connectivity index is 1.41. The standard InChI is InChI=1S/C30H33N5O3S/c1-19-12-13-21(15-26(19)39(37,38)33-30(2,3)4)28-23-8-5-6-9-24(23)29(32-31-28)34-16-20-14-22(18-34)25-10-7-11-27(36)35(25)17-20/h5-13,15,20,22,33H,14,16-18H2,1-4H3/t20?,22-/m0/s1. The highest BCUT2D eigenvalue weighted by Gasteiger charge is 2.36. The maximum atomic E-state index is 13.2. The molecular weight excluding hydrogens is 510 g/mol. The fourth-order valence-electron chi connectivity index (χ4n) is 6.10. The number of anilines is 1. The van der Waals surface area contributed by atoms with Crippen molar-refractivity contribution in [2.24, 2.45) is 5.92 Å². The minimum atomic E-state index is -3.72. The first-order chi connectivity index (χ1) is 18.5. The molecule has 2 aromatic heterocycles. The van der Waals surface area contributed by atoms with Crippen molar-refractivity contribution in [3.8, 4) is 11.3 Å². The summed E-state index contributed by atoms with van der Waals surface area (Å²) in [6, 6.07) is 19.0. The van der Waals surface area contributed by atoms with Gasteiger partial charge in [0.05, 0.1) is 4.90 Å². The fourth-order valence-corrected chi connectivity index (χ4v) is 7.79. The molecule has 1 N–H and O–H groups in total. The second-order valence-corrected chi connectivity index (χ2v) is 13.5. The van der Waals surface area contributed by atoms with E-state index in [1.165, 1.54) is 0 Å². The van der Waals surface area contributed by atoms with E-state index < -0.39 is 15.6 Å². The number of aryl methyl sites for hydroxylation is 1. The molecule has 2 bridgehead atoms. The van der Waals surface area contributed by atoms with Gasteiger partial charge in [-0.15, -0.1) is 10.2 Å². The third kappa shape index (κ3) is 4.74. The van der Waals surface area contributed by atoms with Gasteiger partial charge in [0, 0.05) is 59.2 Å². The molecule has 0 aliphatic carbocycles. The van der Waals surface area contributed by atoms with E-state index in [2.05, 4.69) is 26.9 Å². The van der Waals surface area contributed by atoms with Crippen molar-refractivity contribution in [3.05, 3.63) is 82.3 Å². The molecule has 6 rings (SSSR count). The van der Waals surface area contributed by atoms with Gasteiger partial charge in [-0.1, -0.05) is 42.5 Å². The molecule has 4 aromatic rings. The molecule has 0 amide bonds. The molecule has 202 valence electrons. The number of pyridine rings is 1. The molecule has 1 fully saturated rings. The highest BCUT2D eigenvalue weighted by Crippen LogP contribution is 2.39. The van der Waals surface area contributed by atoms with E-state index >= 15 is 0 Å². The van der Waals surface area contributed by atoms with Crippen molar-refractivity contribution in [3.63, 3.8) is 0 Å². The fraction of sp³-hybridized carbons (Fsp3) is 0.367. The van der Waals surface area contributed by atoms with Crippen LogP contribution in [0.1, 0.15) is 44.4 Å². The molecule has 2 aliphatic rings. The average Bonchev–Trinajstić information content (AvgIpc) is 2.87. The number of nitrogens with one attached hydrogen (secondary N) is 1.